The molecule has 1 aromatic rings. The second-order valence-corrected chi connectivity index (χ2v) is 3.95. The number of carbonyl (C=O) groups is 1. The molecule has 0 aromatic heterocycles. The molecule has 1 aromatic carbocycles. The van der Waals surface area contributed by atoms with Gasteiger partial charge in [-0.05, 0) is 23.6 Å². The number of halogens is 2. The quantitative estimate of drug-likeness (QED) is 0.827. The molecule has 0 spiro atoms. The summed E-state index contributed by atoms with van der Waals surface area (Å²) < 4.78 is 0. The van der Waals surface area contributed by atoms with E-state index in [0.717, 1.165) is 23.0 Å². The molecular formula is C10H11BrClNO. The van der Waals surface area contributed by atoms with Crippen LogP contribution in [0.15, 0.2) is 18.2 Å². The van der Waals surface area contributed by atoms with Crippen LogP contribution in [0.3, 0.4) is 0 Å². The van der Waals surface area contributed by atoms with Gasteiger partial charge in [-0.1, -0.05) is 28.1 Å². The Morgan fingerprint density at radius 3 is 2.93 bits per heavy atom. The zero-order valence-electron chi connectivity index (χ0n) is 7.55. The van der Waals surface area contributed by atoms with Gasteiger partial charge in [-0.15, -0.1) is 12.4 Å². The average molecular weight is 277 g/mol. The summed E-state index contributed by atoms with van der Waals surface area (Å²) in [5.41, 5.74) is 3.39. The fourth-order valence-corrected chi connectivity index (χ4v) is 2.01. The Labute approximate surface area is 97.6 Å². The first-order valence-electron chi connectivity index (χ1n) is 4.27. The fourth-order valence-electron chi connectivity index (χ4n) is 1.55. The van der Waals surface area contributed by atoms with Crippen LogP contribution in [-0.2, 0) is 17.6 Å². The summed E-state index contributed by atoms with van der Waals surface area (Å²) in [5.74, 6) is 0.103. The Bertz CT molecular complexity index is 354. The molecule has 0 saturated heterocycles. The van der Waals surface area contributed by atoms with E-state index in [2.05, 4.69) is 33.4 Å². The summed E-state index contributed by atoms with van der Waals surface area (Å²) in [6, 6.07) is 6.15. The zero-order valence-corrected chi connectivity index (χ0v) is 9.95. The van der Waals surface area contributed by atoms with Crippen molar-refractivity contribution < 1.29 is 4.79 Å². The molecular weight excluding hydrogens is 265 g/mol. The molecule has 0 saturated carbocycles. The summed E-state index contributed by atoms with van der Waals surface area (Å²) in [5, 5.41) is 3.78. The van der Waals surface area contributed by atoms with Gasteiger partial charge >= 0.3 is 0 Å². The van der Waals surface area contributed by atoms with Gasteiger partial charge in [-0.25, -0.2) is 0 Å². The maximum atomic E-state index is 11.0. The van der Waals surface area contributed by atoms with E-state index in [-0.39, 0.29) is 18.3 Å². The molecule has 1 N–H and O–H groups in total. The minimum atomic E-state index is 0. The van der Waals surface area contributed by atoms with Gasteiger partial charge in [0, 0.05) is 11.0 Å². The predicted octanol–water partition coefficient (Wildman–Crippen LogP) is 2.54. The zero-order chi connectivity index (χ0) is 9.26. The number of alkyl halides is 1. The number of rotatable bonds is 2. The molecule has 0 atom stereocenters. The monoisotopic (exact) mass is 275 g/mol. The highest BCUT2D eigenvalue weighted by Gasteiger charge is 2.16. The Kier molecular flexibility index (Phi) is 3.96. The van der Waals surface area contributed by atoms with Crippen molar-refractivity contribution in [3.8, 4) is 0 Å². The van der Waals surface area contributed by atoms with Crippen LogP contribution in [0.1, 0.15) is 11.1 Å². The second kappa shape index (κ2) is 4.80. The summed E-state index contributed by atoms with van der Waals surface area (Å²) >= 11 is 3.40. The van der Waals surface area contributed by atoms with Crippen LogP contribution < -0.4 is 5.32 Å². The highest BCUT2D eigenvalue weighted by atomic mass is 79.9. The van der Waals surface area contributed by atoms with Crippen LogP contribution in [-0.4, -0.2) is 11.2 Å². The third kappa shape index (κ3) is 2.28. The fraction of sp³-hybridized carbons (Fsp3) is 0.300. The highest BCUT2D eigenvalue weighted by Crippen LogP contribution is 2.23. The Hall–Kier alpha value is -0.540. The van der Waals surface area contributed by atoms with Gasteiger partial charge in [0.15, 0.2) is 0 Å². The minimum Gasteiger partial charge on any atom is -0.326 e. The number of nitrogens with one attached hydrogen (secondary N) is 1. The number of hydrogen-bond donors (Lipinski definition) is 1. The third-order valence-electron chi connectivity index (χ3n) is 2.18. The molecule has 1 amide bonds. The van der Waals surface area contributed by atoms with Crippen molar-refractivity contribution in [1.82, 2.24) is 0 Å². The molecule has 0 bridgehead atoms. The van der Waals surface area contributed by atoms with Gasteiger partial charge in [0.2, 0.25) is 5.91 Å². The lowest BCUT2D eigenvalue weighted by molar-refractivity contribution is -0.115. The van der Waals surface area contributed by atoms with Crippen molar-refractivity contribution in [2.75, 3.05) is 10.6 Å². The van der Waals surface area contributed by atoms with E-state index < -0.39 is 0 Å². The molecule has 1 aliphatic heterocycles. The van der Waals surface area contributed by atoms with Crippen LogP contribution in [0.2, 0.25) is 0 Å². The summed E-state index contributed by atoms with van der Waals surface area (Å²) in [6.07, 6.45) is 1.55. The first kappa shape index (κ1) is 11.5. The molecule has 14 heavy (non-hydrogen) atoms. The van der Waals surface area contributed by atoms with Gasteiger partial charge in [0.25, 0.3) is 0 Å². The third-order valence-corrected chi connectivity index (χ3v) is 2.57. The largest absolute Gasteiger partial charge is 0.326 e. The SMILES string of the molecule is Cl.O=C1Cc2cc(CCBr)ccc2N1. The van der Waals surface area contributed by atoms with Gasteiger partial charge in [0.05, 0.1) is 6.42 Å². The molecule has 2 rings (SSSR count). The number of aryl methyl sites for hydroxylation is 1. The van der Waals surface area contributed by atoms with Crippen LogP contribution in [0.4, 0.5) is 5.69 Å². The van der Waals surface area contributed by atoms with Crippen LogP contribution in [0, 0.1) is 0 Å². The normalized spacial score (nSPS) is 13.1. The molecule has 76 valence electrons. The Morgan fingerprint density at radius 2 is 2.21 bits per heavy atom. The van der Waals surface area contributed by atoms with Crippen molar-refractivity contribution >= 4 is 39.9 Å². The van der Waals surface area contributed by atoms with Crippen molar-refractivity contribution in [2.24, 2.45) is 0 Å². The highest BCUT2D eigenvalue weighted by molar-refractivity contribution is 9.09. The van der Waals surface area contributed by atoms with E-state index in [0.29, 0.717) is 6.42 Å². The Balaban J connectivity index is 0.000000980. The smallest absolute Gasteiger partial charge is 0.228 e. The first-order valence-corrected chi connectivity index (χ1v) is 5.39. The van der Waals surface area contributed by atoms with E-state index in [1.54, 1.807) is 0 Å². The number of hydrogen-bond acceptors (Lipinski definition) is 1. The van der Waals surface area contributed by atoms with E-state index in [9.17, 15) is 4.79 Å². The van der Waals surface area contributed by atoms with Gasteiger partial charge in [-0.3, -0.25) is 4.79 Å². The summed E-state index contributed by atoms with van der Waals surface area (Å²) in [4.78, 5) is 11.0. The van der Waals surface area contributed by atoms with Gasteiger partial charge in [-0.2, -0.15) is 0 Å². The summed E-state index contributed by atoms with van der Waals surface area (Å²) in [7, 11) is 0. The molecule has 4 heteroatoms. The lowest BCUT2D eigenvalue weighted by atomic mass is 10.1. The standard InChI is InChI=1S/C10H10BrNO.ClH/c11-4-3-7-1-2-9-8(5-7)6-10(13)12-9;/h1-2,5H,3-4,6H2,(H,12,13);1H. The predicted molar refractivity (Wildman–Crippen MR) is 63.5 cm³/mol. The van der Waals surface area contributed by atoms with E-state index in [4.69, 9.17) is 0 Å². The molecule has 2 nitrogen and oxygen atoms in total. The van der Waals surface area contributed by atoms with E-state index in [1.807, 2.05) is 6.07 Å². The maximum absolute atomic E-state index is 11.0. The Morgan fingerprint density at radius 1 is 1.43 bits per heavy atom. The van der Waals surface area contributed by atoms with Crippen LogP contribution in [0.5, 0.6) is 0 Å². The van der Waals surface area contributed by atoms with Crippen LogP contribution >= 0.6 is 28.3 Å². The number of carbonyl (C=O) groups excluding carboxylic acids is 1. The topological polar surface area (TPSA) is 29.1 Å². The van der Waals surface area contributed by atoms with Crippen molar-refractivity contribution in [3.63, 3.8) is 0 Å². The van der Waals surface area contributed by atoms with Crippen molar-refractivity contribution in [3.05, 3.63) is 29.3 Å². The minimum absolute atomic E-state index is 0. The lowest BCUT2D eigenvalue weighted by Gasteiger charge is -2.01. The molecule has 1 aliphatic rings. The number of benzene rings is 1. The maximum Gasteiger partial charge on any atom is 0.228 e. The van der Waals surface area contributed by atoms with Gasteiger partial charge < -0.3 is 5.32 Å². The van der Waals surface area contributed by atoms with E-state index >= 15 is 0 Å². The molecule has 1 heterocycles. The average Bonchev–Trinajstić information content (AvgIpc) is 2.44. The first-order chi connectivity index (χ1) is 6.29. The number of amides is 1. The lowest BCUT2D eigenvalue weighted by Crippen LogP contribution is -2.03. The number of anilines is 1. The second-order valence-electron chi connectivity index (χ2n) is 3.16. The molecule has 0 radical (unpaired) electrons. The van der Waals surface area contributed by atoms with E-state index in [1.165, 1.54) is 5.56 Å². The molecule has 0 aliphatic carbocycles. The number of fused-ring (bicyclic) bond motifs is 1. The molecule has 0 fully saturated rings. The van der Waals surface area contributed by atoms with Crippen LogP contribution in [0.25, 0.3) is 0 Å². The summed E-state index contributed by atoms with van der Waals surface area (Å²) in [6.45, 7) is 0. The van der Waals surface area contributed by atoms with Crippen molar-refractivity contribution in [2.45, 2.75) is 12.8 Å². The molecule has 0 unspecified atom stereocenters. The van der Waals surface area contributed by atoms with Crippen molar-refractivity contribution in [1.29, 1.82) is 0 Å². The van der Waals surface area contributed by atoms with Gasteiger partial charge in [0.1, 0.15) is 0 Å².